The lowest BCUT2D eigenvalue weighted by Crippen LogP contribution is -2.39. The van der Waals surface area contributed by atoms with Gasteiger partial charge in [0, 0.05) is 45.3 Å². The quantitative estimate of drug-likeness (QED) is 0.425. The summed E-state index contributed by atoms with van der Waals surface area (Å²) in [6, 6.07) is 0. The molecule has 0 bridgehead atoms. The molecule has 0 unspecified atom stereocenters. The minimum absolute atomic E-state index is 0.307. The number of nitrogens with zero attached hydrogens (tertiary/aromatic N) is 4. The zero-order valence-corrected chi connectivity index (χ0v) is 15.6. The lowest BCUT2D eigenvalue weighted by molar-refractivity contribution is -0.130. The van der Waals surface area contributed by atoms with Gasteiger partial charge in [-0.2, -0.15) is 5.10 Å². The third-order valence-electron chi connectivity index (χ3n) is 4.27. The fraction of sp³-hybridized carbons (Fsp3) is 0.722. The minimum atomic E-state index is 0.307. The second-order valence-corrected chi connectivity index (χ2v) is 6.51. The maximum atomic E-state index is 12.0. The lowest BCUT2D eigenvalue weighted by atomic mass is 10.2. The number of aryl methyl sites for hydroxylation is 1. The molecule has 1 aromatic heterocycles. The summed E-state index contributed by atoms with van der Waals surface area (Å²) < 4.78 is 1.93. The summed E-state index contributed by atoms with van der Waals surface area (Å²) >= 11 is 0. The van der Waals surface area contributed by atoms with Gasteiger partial charge in [-0.3, -0.25) is 14.5 Å². The number of aromatic nitrogens is 2. The molecule has 2 N–H and O–H groups in total. The molecule has 1 aliphatic heterocycles. The van der Waals surface area contributed by atoms with Crippen molar-refractivity contribution in [1.82, 2.24) is 25.3 Å². The van der Waals surface area contributed by atoms with Crippen molar-refractivity contribution in [2.24, 2.45) is 4.99 Å². The molecule has 1 saturated heterocycles. The second kappa shape index (κ2) is 10.7. The van der Waals surface area contributed by atoms with E-state index in [1.807, 2.05) is 28.9 Å². The first-order valence-corrected chi connectivity index (χ1v) is 9.48. The van der Waals surface area contributed by atoms with Gasteiger partial charge >= 0.3 is 0 Å². The second-order valence-electron chi connectivity index (χ2n) is 6.51. The van der Waals surface area contributed by atoms with E-state index in [0.717, 1.165) is 64.5 Å². The zero-order chi connectivity index (χ0) is 17.9. The van der Waals surface area contributed by atoms with Crippen molar-refractivity contribution >= 4 is 11.9 Å². The van der Waals surface area contributed by atoms with Gasteiger partial charge in [0.2, 0.25) is 5.91 Å². The summed E-state index contributed by atoms with van der Waals surface area (Å²) in [5, 5.41) is 10.9. The normalized spacial score (nSPS) is 16.0. The lowest BCUT2D eigenvalue weighted by Gasteiger charge is -2.20. The van der Waals surface area contributed by atoms with Crippen LogP contribution >= 0.6 is 0 Å². The van der Waals surface area contributed by atoms with E-state index in [1.54, 1.807) is 0 Å². The number of hydrogen-bond acceptors (Lipinski definition) is 3. The van der Waals surface area contributed by atoms with Gasteiger partial charge in [-0.25, -0.2) is 0 Å². The molecule has 7 nitrogen and oxygen atoms in total. The van der Waals surface area contributed by atoms with Gasteiger partial charge in [0.05, 0.1) is 12.7 Å². The summed E-state index contributed by atoms with van der Waals surface area (Å²) in [4.78, 5) is 18.6. The Morgan fingerprint density at radius 3 is 2.92 bits per heavy atom. The van der Waals surface area contributed by atoms with Crippen molar-refractivity contribution in [3.8, 4) is 0 Å². The van der Waals surface area contributed by atoms with Crippen molar-refractivity contribution in [3.63, 3.8) is 0 Å². The molecular weight excluding hydrogens is 316 g/mol. The topological polar surface area (TPSA) is 74.6 Å². The molecule has 0 aliphatic carbocycles. The number of aliphatic imine (C=N–C) groups is 1. The van der Waals surface area contributed by atoms with Crippen LogP contribution in [0.3, 0.4) is 0 Å². The molecule has 0 atom stereocenters. The fourth-order valence-corrected chi connectivity index (χ4v) is 2.95. The first kappa shape index (κ1) is 19.3. The molecule has 1 amide bonds. The molecule has 0 radical (unpaired) electrons. The highest BCUT2D eigenvalue weighted by Gasteiger charge is 2.15. The van der Waals surface area contributed by atoms with Gasteiger partial charge in [-0.05, 0) is 38.7 Å². The van der Waals surface area contributed by atoms with Crippen LogP contribution in [0.5, 0.6) is 0 Å². The molecule has 1 aliphatic rings. The highest BCUT2D eigenvalue weighted by Crippen LogP contribution is 2.11. The number of nitrogens with one attached hydrogen (secondary N) is 2. The van der Waals surface area contributed by atoms with Crippen LogP contribution in [0.2, 0.25) is 0 Å². The van der Waals surface area contributed by atoms with Crippen LogP contribution in [0.25, 0.3) is 0 Å². The summed E-state index contributed by atoms with van der Waals surface area (Å²) in [6.07, 6.45) is 8.85. The summed E-state index contributed by atoms with van der Waals surface area (Å²) in [7, 11) is 0. The monoisotopic (exact) mass is 348 g/mol. The highest BCUT2D eigenvalue weighted by atomic mass is 16.2. The van der Waals surface area contributed by atoms with Crippen molar-refractivity contribution in [2.45, 2.75) is 52.5 Å². The number of carbonyl (C=O) groups is 1. The Morgan fingerprint density at radius 1 is 1.28 bits per heavy atom. The van der Waals surface area contributed by atoms with E-state index in [0.29, 0.717) is 12.3 Å². The summed E-state index contributed by atoms with van der Waals surface area (Å²) in [5.74, 6) is 1.13. The van der Waals surface area contributed by atoms with Gasteiger partial charge < -0.3 is 15.5 Å². The van der Waals surface area contributed by atoms with E-state index >= 15 is 0 Å². The van der Waals surface area contributed by atoms with Crippen LogP contribution < -0.4 is 10.6 Å². The van der Waals surface area contributed by atoms with E-state index in [4.69, 9.17) is 0 Å². The van der Waals surface area contributed by atoms with E-state index in [-0.39, 0.29) is 0 Å². The average Bonchev–Trinajstić information content (AvgIpc) is 2.90. The molecule has 2 heterocycles. The van der Waals surface area contributed by atoms with Gasteiger partial charge in [0.1, 0.15) is 0 Å². The standard InChI is InChI=1S/C18H32N6O/c1-3-19-18(21-10-13-24-15-16(2)14-22-24)20-9-7-12-23-11-6-4-5-8-17(23)25/h14-15H,3-13H2,1-2H3,(H2,19,20,21). The molecule has 2 rings (SSSR count). The molecule has 1 aromatic rings. The minimum Gasteiger partial charge on any atom is -0.357 e. The predicted molar refractivity (Wildman–Crippen MR) is 101 cm³/mol. The molecule has 140 valence electrons. The number of hydrogen-bond donors (Lipinski definition) is 2. The van der Waals surface area contributed by atoms with Gasteiger partial charge in [-0.15, -0.1) is 0 Å². The SMILES string of the molecule is CCNC(=NCCCN1CCCCCC1=O)NCCn1cc(C)cn1. The molecule has 0 saturated carbocycles. The maximum absolute atomic E-state index is 12.0. The molecular formula is C18H32N6O. The zero-order valence-electron chi connectivity index (χ0n) is 15.6. The smallest absolute Gasteiger partial charge is 0.222 e. The van der Waals surface area contributed by atoms with Crippen LogP contribution in [-0.4, -0.2) is 59.3 Å². The third kappa shape index (κ3) is 7.15. The fourth-order valence-electron chi connectivity index (χ4n) is 2.95. The third-order valence-corrected chi connectivity index (χ3v) is 4.27. The van der Waals surface area contributed by atoms with Gasteiger partial charge in [0.25, 0.3) is 0 Å². The van der Waals surface area contributed by atoms with Crippen LogP contribution in [0, 0.1) is 6.92 Å². The van der Waals surface area contributed by atoms with Crippen LogP contribution in [-0.2, 0) is 11.3 Å². The molecule has 0 aromatic carbocycles. The van der Waals surface area contributed by atoms with Crippen LogP contribution in [0.15, 0.2) is 17.4 Å². The van der Waals surface area contributed by atoms with Crippen LogP contribution in [0.4, 0.5) is 0 Å². The molecule has 0 spiro atoms. The first-order chi connectivity index (χ1) is 12.2. The number of guanidine groups is 1. The van der Waals surface area contributed by atoms with Crippen molar-refractivity contribution in [3.05, 3.63) is 18.0 Å². The number of amides is 1. The molecule has 25 heavy (non-hydrogen) atoms. The Morgan fingerprint density at radius 2 is 2.16 bits per heavy atom. The molecule has 1 fully saturated rings. The van der Waals surface area contributed by atoms with Crippen molar-refractivity contribution < 1.29 is 4.79 Å². The number of likely N-dealkylation sites (tertiary alicyclic amines) is 1. The predicted octanol–water partition coefficient (Wildman–Crippen LogP) is 1.54. The Balaban J connectivity index is 1.69. The molecule has 7 heteroatoms. The van der Waals surface area contributed by atoms with Crippen molar-refractivity contribution in [1.29, 1.82) is 0 Å². The number of rotatable bonds is 8. The number of carbonyl (C=O) groups excluding carboxylic acids is 1. The van der Waals surface area contributed by atoms with E-state index in [2.05, 4.69) is 27.6 Å². The Hall–Kier alpha value is -2.05. The average molecular weight is 348 g/mol. The largest absolute Gasteiger partial charge is 0.357 e. The van der Waals surface area contributed by atoms with Crippen LogP contribution in [0.1, 0.15) is 44.6 Å². The van der Waals surface area contributed by atoms with E-state index in [9.17, 15) is 4.79 Å². The first-order valence-electron chi connectivity index (χ1n) is 9.48. The summed E-state index contributed by atoms with van der Waals surface area (Å²) in [5.41, 5.74) is 1.17. The van der Waals surface area contributed by atoms with Crippen molar-refractivity contribution in [2.75, 3.05) is 32.7 Å². The van der Waals surface area contributed by atoms with E-state index in [1.165, 1.54) is 12.0 Å². The Labute approximate surface area is 150 Å². The Bertz CT molecular complexity index is 554. The maximum Gasteiger partial charge on any atom is 0.222 e. The van der Waals surface area contributed by atoms with Gasteiger partial charge in [-0.1, -0.05) is 6.42 Å². The van der Waals surface area contributed by atoms with Gasteiger partial charge in [0.15, 0.2) is 5.96 Å². The Kier molecular flexibility index (Phi) is 8.28. The highest BCUT2D eigenvalue weighted by molar-refractivity contribution is 5.79. The van der Waals surface area contributed by atoms with E-state index < -0.39 is 0 Å². The summed E-state index contributed by atoms with van der Waals surface area (Å²) in [6.45, 7) is 8.95.